The fraction of sp³-hybridized carbons (Fsp3) is 0.625. The molecule has 0 aromatic heterocycles. The monoisotopic (exact) mass is 326 g/mol. The number of aliphatic carboxylic acids is 1. The summed E-state index contributed by atoms with van der Waals surface area (Å²) in [6.45, 7) is 8.65. The van der Waals surface area contributed by atoms with E-state index in [4.69, 9.17) is 0 Å². The molecule has 3 N–H and O–H groups in total. The molecule has 0 spiro atoms. The zero-order chi connectivity index (χ0) is 18.0. The standard InChI is InChI=1S/C16H26N2O5/c1-10(2)15(21)8-7-14(16(22)23)18-11(3)5-6-13(12(4)20)17-9-19/h9-10,13-14,18H,3,5-8H2,1-2,4H3,(H,17,19)(H,22,23)/t13?,14-/m0/s1. The van der Waals surface area contributed by atoms with Crippen LogP contribution in [0.5, 0.6) is 0 Å². The second kappa shape index (κ2) is 10.5. The van der Waals surface area contributed by atoms with Crippen LogP contribution in [0.15, 0.2) is 12.3 Å². The number of Topliss-reactive ketones (excluding diaryl/α,β-unsaturated/α-hetero) is 2. The Bertz CT molecular complexity index is 459. The van der Waals surface area contributed by atoms with Gasteiger partial charge in [-0.2, -0.15) is 0 Å². The van der Waals surface area contributed by atoms with Crippen molar-refractivity contribution in [2.45, 2.75) is 58.5 Å². The molecule has 0 saturated heterocycles. The molecule has 0 aromatic carbocycles. The molecule has 0 aliphatic rings. The minimum absolute atomic E-state index is 0.00971. The van der Waals surface area contributed by atoms with E-state index in [0.717, 1.165) is 0 Å². The number of hydrogen-bond donors (Lipinski definition) is 3. The molecule has 2 atom stereocenters. The first-order valence-corrected chi connectivity index (χ1v) is 7.59. The predicted octanol–water partition coefficient (Wildman–Crippen LogP) is 1.03. The molecule has 0 fully saturated rings. The van der Waals surface area contributed by atoms with Gasteiger partial charge >= 0.3 is 5.97 Å². The molecule has 23 heavy (non-hydrogen) atoms. The molecule has 0 saturated carbocycles. The molecular weight excluding hydrogens is 300 g/mol. The van der Waals surface area contributed by atoms with Crippen LogP contribution in [0.4, 0.5) is 0 Å². The first-order valence-electron chi connectivity index (χ1n) is 7.59. The van der Waals surface area contributed by atoms with Crippen LogP contribution in [-0.2, 0) is 19.2 Å². The minimum Gasteiger partial charge on any atom is -0.480 e. The van der Waals surface area contributed by atoms with Gasteiger partial charge < -0.3 is 15.7 Å². The second-order valence-corrected chi connectivity index (χ2v) is 5.78. The summed E-state index contributed by atoms with van der Waals surface area (Å²) in [5, 5.41) is 14.4. The van der Waals surface area contributed by atoms with Gasteiger partial charge in [0.1, 0.15) is 11.8 Å². The zero-order valence-electron chi connectivity index (χ0n) is 13.9. The minimum atomic E-state index is -1.06. The van der Waals surface area contributed by atoms with E-state index in [-0.39, 0.29) is 30.3 Å². The van der Waals surface area contributed by atoms with E-state index in [1.807, 2.05) is 0 Å². The molecule has 0 aliphatic heterocycles. The number of amides is 1. The zero-order valence-corrected chi connectivity index (χ0v) is 13.9. The Morgan fingerprint density at radius 3 is 2.13 bits per heavy atom. The molecule has 130 valence electrons. The van der Waals surface area contributed by atoms with Crippen molar-refractivity contribution < 1.29 is 24.3 Å². The molecule has 0 heterocycles. The van der Waals surface area contributed by atoms with E-state index in [1.165, 1.54) is 6.92 Å². The SMILES string of the molecule is C=C(CCC(NC=O)C(C)=O)N[C@@H](CCC(=O)C(C)C)C(=O)O. The van der Waals surface area contributed by atoms with Gasteiger partial charge in [-0.05, 0) is 26.2 Å². The van der Waals surface area contributed by atoms with Crippen molar-refractivity contribution in [1.29, 1.82) is 0 Å². The van der Waals surface area contributed by atoms with Crippen LogP contribution in [0.1, 0.15) is 46.5 Å². The molecule has 0 bridgehead atoms. The van der Waals surface area contributed by atoms with Crippen molar-refractivity contribution >= 4 is 23.9 Å². The van der Waals surface area contributed by atoms with Crippen molar-refractivity contribution in [3.8, 4) is 0 Å². The normalized spacial score (nSPS) is 13.0. The van der Waals surface area contributed by atoms with E-state index < -0.39 is 18.1 Å². The summed E-state index contributed by atoms with van der Waals surface area (Å²) in [6, 6.07) is -1.52. The number of hydrogen-bond acceptors (Lipinski definition) is 5. The quantitative estimate of drug-likeness (QED) is 0.436. The highest BCUT2D eigenvalue weighted by atomic mass is 16.4. The Balaban J connectivity index is 4.45. The lowest BCUT2D eigenvalue weighted by atomic mass is 10.0. The summed E-state index contributed by atoms with van der Waals surface area (Å²) in [7, 11) is 0. The van der Waals surface area contributed by atoms with E-state index in [2.05, 4.69) is 17.2 Å². The number of rotatable bonds is 13. The molecule has 1 amide bonds. The average Bonchev–Trinajstić information content (AvgIpc) is 2.46. The van der Waals surface area contributed by atoms with Gasteiger partial charge in [0, 0.05) is 18.0 Å². The van der Waals surface area contributed by atoms with E-state index >= 15 is 0 Å². The van der Waals surface area contributed by atoms with Gasteiger partial charge in [0.15, 0.2) is 5.78 Å². The van der Waals surface area contributed by atoms with E-state index in [0.29, 0.717) is 24.9 Å². The maximum Gasteiger partial charge on any atom is 0.326 e. The van der Waals surface area contributed by atoms with Crippen molar-refractivity contribution in [3.05, 3.63) is 12.3 Å². The molecule has 7 heteroatoms. The van der Waals surface area contributed by atoms with Crippen LogP contribution in [0, 0.1) is 5.92 Å². The van der Waals surface area contributed by atoms with E-state index in [1.54, 1.807) is 13.8 Å². The first kappa shape index (κ1) is 20.8. The first-order chi connectivity index (χ1) is 10.7. The number of ketones is 2. The smallest absolute Gasteiger partial charge is 0.326 e. The Labute approximate surface area is 136 Å². The largest absolute Gasteiger partial charge is 0.480 e. The van der Waals surface area contributed by atoms with Gasteiger partial charge in [0.05, 0.1) is 6.04 Å². The highest BCUT2D eigenvalue weighted by Gasteiger charge is 2.20. The van der Waals surface area contributed by atoms with Crippen molar-refractivity contribution in [2.75, 3.05) is 0 Å². The van der Waals surface area contributed by atoms with Gasteiger partial charge in [0.25, 0.3) is 0 Å². The number of nitrogens with one attached hydrogen (secondary N) is 2. The van der Waals surface area contributed by atoms with Crippen LogP contribution < -0.4 is 10.6 Å². The lowest BCUT2D eigenvalue weighted by Gasteiger charge is -2.19. The Hall–Kier alpha value is -2.18. The Morgan fingerprint density at radius 2 is 1.70 bits per heavy atom. The van der Waals surface area contributed by atoms with Crippen LogP contribution in [0.3, 0.4) is 0 Å². The van der Waals surface area contributed by atoms with Gasteiger partial charge in [-0.25, -0.2) is 4.79 Å². The molecule has 0 rings (SSSR count). The predicted molar refractivity (Wildman–Crippen MR) is 85.7 cm³/mol. The maximum absolute atomic E-state index is 11.6. The fourth-order valence-corrected chi connectivity index (χ4v) is 1.96. The molecule has 0 radical (unpaired) electrons. The topological polar surface area (TPSA) is 113 Å². The summed E-state index contributed by atoms with van der Waals surface area (Å²) in [5.41, 5.74) is 0.452. The van der Waals surface area contributed by atoms with Crippen molar-refractivity contribution in [1.82, 2.24) is 10.6 Å². The number of carboxylic acids is 1. The Morgan fingerprint density at radius 1 is 1.13 bits per heavy atom. The highest BCUT2D eigenvalue weighted by molar-refractivity contribution is 5.83. The fourth-order valence-electron chi connectivity index (χ4n) is 1.96. The summed E-state index contributed by atoms with van der Waals surface area (Å²) in [5.74, 6) is -1.35. The summed E-state index contributed by atoms with van der Waals surface area (Å²) >= 11 is 0. The molecule has 0 aliphatic carbocycles. The van der Waals surface area contributed by atoms with Crippen LogP contribution in [0.2, 0.25) is 0 Å². The average molecular weight is 326 g/mol. The summed E-state index contributed by atoms with van der Waals surface area (Å²) < 4.78 is 0. The summed E-state index contributed by atoms with van der Waals surface area (Å²) in [4.78, 5) is 44.6. The van der Waals surface area contributed by atoms with Crippen molar-refractivity contribution in [2.24, 2.45) is 5.92 Å². The van der Waals surface area contributed by atoms with Gasteiger partial charge in [-0.15, -0.1) is 0 Å². The number of carbonyl (C=O) groups excluding carboxylic acids is 3. The second-order valence-electron chi connectivity index (χ2n) is 5.78. The number of carbonyl (C=O) groups is 4. The molecular formula is C16H26N2O5. The molecule has 1 unspecified atom stereocenters. The lowest BCUT2D eigenvalue weighted by Crippen LogP contribution is -2.38. The maximum atomic E-state index is 11.6. The highest BCUT2D eigenvalue weighted by Crippen LogP contribution is 2.09. The third-order valence-electron chi connectivity index (χ3n) is 3.49. The lowest BCUT2D eigenvalue weighted by molar-refractivity contribution is -0.139. The summed E-state index contributed by atoms with van der Waals surface area (Å²) in [6.07, 6.45) is 1.48. The van der Waals surface area contributed by atoms with E-state index in [9.17, 15) is 24.3 Å². The van der Waals surface area contributed by atoms with Crippen molar-refractivity contribution in [3.63, 3.8) is 0 Å². The number of allylic oxidation sites excluding steroid dienone is 1. The van der Waals surface area contributed by atoms with Gasteiger partial charge in [0.2, 0.25) is 6.41 Å². The van der Waals surface area contributed by atoms with Crippen LogP contribution in [0.25, 0.3) is 0 Å². The van der Waals surface area contributed by atoms with Gasteiger partial charge in [-0.3, -0.25) is 14.4 Å². The van der Waals surface area contributed by atoms with Crippen LogP contribution >= 0.6 is 0 Å². The molecule has 0 aromatic rings. The third-order valence-corrected chi connectivity index (χ3v) is 3.49. The van der Waals surface area contributed by atoms with Crippen LogP contribution in [-0.4, -0.2) is 41.1 Å². The Kier molecular flexibility index (Phi) is 9.53. The molecule has 7 nitrogen and oxygen atoms in total. The van der Waals surface area contributed by atoms with Gasteiger partial charge in [-0.1, -0.05) is 20.4 Å². The third kappa shape index (κ3) is 8.75. The number of carboxylic acid groups (broad SMARTS) is 1.